The summed E-state index contributed by atoms with van der Waals surface area (Å²) in [5.41, 5.74) is 7.09. The van der Waals surface area contributed by atoms with Gasteiger partial charge < -0.3 is 10.5 Å². The molecule has 0 bridgehead atoms. The van der Waals surface area contributed by atoms with E-state index in [4.69, 9.17) is 10.5 Å². The largest absolute Gasteiger partial charge is 0.377 e. The molecule has 0 saturated heterocycles. The van der Waals surface area contributed by atoms with Gasteiger partial charge in [0.25, 0.3) is 0 Å². The van der Waals surface area contributed by atoms with E-state index < -0.39 is 10.0 Å². The smallest absolute Gasteiger partial charge is 0.250 e. The van der Waals surface area contributed by atoms with Gasteiger partial charge in [0.1, 0.15) is 4.21 Å². The maximum absolute atomic E-state index is 12.0. The minimum absolute atomic E-state index is 0.0833. The van der Waals surface area contributed by atoms with E-state index in [1.165, 1.54) is 11.3 Å². The number of sulfonamides is 1. The van der Waals surface area contributed by atoms with Crippen LogP contribution in [-0.2, 0) is 14.8 Å². The average molecular weight is 328 g/mol. The Balaban J connectivity index is 1.87. The summed E-state index contributed by atoms with van der Waals surface area (Å²) in [7, 11) is -1.77. The van der Waals surface area contributed by atoms with Gasteiger partial charge in [-0.1, -0.05) is 24.3 Å². The zero-order chi connectivity index (χ0) is 15.3. The molecule has 1 aromatic heterocycles. The molecule has 0 amide bonds. The summed E-state index contributed by atoms with van der Waals surface area (Å²) in [4.78, 5) is 0. The number of hydrogen-bond donors (Lipinski definition) is 2. The molecule has 1 aromatic rings. The van der Waals surface area contributed by atoms with E-state index in [9.17, 15) is 8.42 Å². The fourth-order valence-electron chi connectivity index (χ4n) is 2.10. The summed E-state index contributed by atoms with van der Waals surface area (Å²) in [6.45, 7) is 0.211. The Kier molecular flexibility index (Phi) is 5.72. The molecule has 116 valence electrons. The number of nitrogens with two attached hydrogens (primary N) is 1. The standard InChI is InChI=1S/C14H20N2O3S2/c1-19-13-5-2-4-11(9-13)8-12(15)10-16-21(17,18)14-6-3-7-20-14/h2-4,6-7,9,12-13,16H,5,8,10,15H2,1H3. The third-order valence-electron chi connectivity index (χ3n) is 3.20. The molecule has 0 saturated carbocycles. The molecule has 2 rings (SSSR count). The summed E-state index contributed by atoms with van der Waals surface area (Å²) in [5.74, 6) is 0. The van der Waals surface area contributed by atoms with Gasteiger partial charge in [-0.15, -0.1) is 11.3 Å². The Morgan fingerprint density at radius 3 is 3.05 bits per heavy atom. The van der Waals surface area contributed by atoms with Gasteiger partial charge in [0.05, 0.1) is 6.10 Å². The van der Waals surface area contributed by atoms with Crippen LogP contribution in [0.15, 0.2) is 45.5 Å². The van der Waals surface area contributed by atoms with Gasteiger partial charge in [-0.25, -0.2) is 13.1 Å². The van der Waals surface area contributed by atoms with Crippen LogP contribution in [0.1, 0.15) is 12.8 Å². The molecule has 0 radical (unpaired) electrons. The molecule has 1 aliphatic rings. The topological polar surface area (TPSA) is 81.4 Å². The van der Waals surface area contributed by atoms with E-state index >= 15 is 0 Å². The highest BCUT2D eigenvalue weighted by Crippen LogP contribution is 2.18. The maximum atomic E-state index is 12.0. The highest BCUT2D eigenvalue weighted by Gasteiger charge is 2.17. The van der Waals surface area contributed by atoms with Crippen molar-refractivity contribution in [3.63, 3.8) is 0 Å². The van der Waals surface area contributed by atoms with E-state index in [0.29, 0.717) is 10.6 Å². The van der Waals surface area contributed by atoms with Gasteiger partial charge in [-0.3, -0.25) is 0 Å². The Morgan fingerprint density at radius 2 is 2.38 bits per heavy atom. The first-order chi connectivity index (χ1) is 10.0. The minimum Gasteiger partial charge on any atom is -0.377 e. The molecule has 0 spiro atoms. The Morgan fingerprint density at radius 1 is 1.57 bits per heavy atom. The van der Waals surface area contributed by atoms with Gasteiger partial charge in [-0.2, -0.15) is 0 Å². The molecular weight excluding hydrogens is 308 g/mol. The predicted molar refractivity (Wildman–Crippen MR) is 84.7 cm³/mol. The highest BCUT2D eigenvalue weighted by atomic mass is 32.2. The van der Waals surface area contributed by atoms with Crippen molar-refractivity contribution >= 4 is 21.4 Å². The number of methoxy groups -OCH3 is 1. The molecule has 0 fully saturated rings. The van der Waals surface area contributed by atoms with E-state index in [1.807, 2.05) is 18.2 Å². The van der Waals surface area contributed by atoms with Crippen molar-refractivity contribution in [1.29, 1.82) is 0 Å². The Labute approximate surface area is 129 Å². The van der Waals surface area contributed by atoms with Gasteiger partial charge in [0.2, 0.25) is 10.0 Å². The zero-order valence-electron chi connectivity index (χ0n) is 11.9. The second-order valence-corrected chi connectivity index (χ2v) is 7.84. The Bertz CT molecular complexity index is 606. The van der Waals surface area contributed by atoms with Crippen LogP contribution in [-0.4, -0.2) is 34.2 Å². The van der Waals surface area contributed by atoms with Crippen LogP contribution >= 0.6 is 11.3 Å². The monoisotopic (exact) mass is 328 g/mol. The van der Waals surface area contributed by atoms with Crippen molar-refractivity contribution in [2.45, 2.75) is 29.2 Å². The van der Waals surface area contributed by atoms with Crippen LogP contribution in [0.3, 0.4) is 0 Å². The number of rotatable bonds is 7. The Hall–Kier alpha value is -0.990. The molecule has 0 aliphatic heterocycles. The molecular formula is C14H20N2O3S2. The fraction of sp³-hybridized carbons (Fsp3) is 0.429. The van der Waals surface area contributed by atoms with Crippen LogP contribution in [0, 0.1) is 0 Å². The average Bonchev–Trinajstić information content (AvgIpc) is 3.00. The lowest BCUT2D eigenvalue weighted by Gasteiger charge is -2.18. The third-order valence-corrected chi connectivity index (χ3v) is 6.02. The first-order valence-electron chi connectivity index (χ1n) is 6.70. The van der Waals surface area contributed by atoms with Crippen LogP contribution in [0.25, 0.3) is 0 Å². The number of nitrogens with one attached hydrogen (secondary N) is 1. The quantitative estimate of drug-likeness (QED) is 0.797. The minimum atomic E-state index is -3.44. The lowest BCUT2D eigenvalue weighted by molar-refractivity contribution is 0.142. The van der Waals surface area contributed by atoms with Gasteiger partial charge in [-0.05, 0) is 29.9 Å². The zero-order valence-corrected chi connectivity index (χ0v) is 13.5. The molecule has 5 nitrogen and oxygen atoms in total. The third kappa shape index (κ3) is 4.76. The number of allylic oxidation sites excluding steroid dienone is 1. The van der Waals surface area contributed by atoms with Gasteiger partial charge >= 0.3 is 0 Å². The molecule has 0 aromatic carbocycles. The summed E-state index contributed by atoms with van der Waals surface area (Å²) in [6, 6.07) is 3.02. The number of thiophene rings is 1. The normalized spacial score (nSPS) is 20.3. The van der Waals surface area contributed by atoms with Crippen molar-refractivity contribution in [3.05, 3.63) is 41.3 Å². The second kappa shape index (κ2) is 7.33. The molecule has 7 heteroatoms. The lowest BCUT2D eigenvalue weighted by Crippen LogP contribution is -2.37. The first-order valence-corrected chi connectivity index (χ1v) is 9.06. The van der Waals surface area contributed by atoms with E-state index in [0.717, 1.165) is 12.0 Å². The summed E-state index contributed by atoms with van der Waals surface area (Å²) >= 11 is 1.19. The second-order valence-electron chi connectivity index (χ2n) is 4.90. The summed E-state index contributed by atoms with van der Waals surface area (Å²) < 4.78 is 32.1. The van der Waals surface area contributed by atoms with Crippen molar-refractivity contribution in [3.8, 4) is 0 Å². The van der Waals surface area contributed by atoms with Crippen LogP contribution in [0.4, 0.5) is 0 Å². The SMILES string of the molecule is COC1C=C(CC(N)CNS(=O)(=O)c2cccs2)C=CC1. The molecule has 2 unspecified atom stereocenters. The molecule has 1 aliphatic carbocycles. The molecule has 2 atom stereocenters. The highest BCUT2D eigenvalue weighted by molar-refractivity contribution is 7.91. The van der Waals surface area contributed by atoms with E-state index in [2.05, 4.69) is 4.72 Å². The first kappa shape index (κ1) is 16.4. The van der Waals surface area contributed by atoms with E-state index in [1.54, 1.807) is 24.6 Å². The van der Waals surface area contributed by atoms with Crippen LogP contribution < -0.4 is 10.5 Å². The number of hydrogen-bond acceptors (Lipinski definition) is 5. The van der Waals surface area contributed by atoms with Gasteiger partial charge in [0, 0.05) is 19.7 Å². The summed E-state index contributed by atoms with van der Waals surface area (Å²) in [6.07, 6.45) is 7.66. The van der Waals surface area contributed by atoms with Crippen molar-refractivity contribution < 1.29 is 13.2 Å². The fourth-order valence-corrected chi connectivity index (χ4v) is 4.23. The molecule has 1 heterocycles. The molecule has 3 N–H and O–H groups in total. The van der Waals surface area contributed by atoms with Crippen molar-refractivity contribution in [2.24, 2.45) is 5.73 Å². The van der Waals surface area contributed by atoms with Crippen molar-refractivity contribution in [2.75, 3.05) is 13.7 Å². The van der Waals surface area contributed by atoms with Crippen LogP contribution in [0.5, 0.6) is 0 Å². The number of ether oxygens (including phenoxy) is 1. The maximum Gasteiger partial charge on any atom is 0.250 e. The molecule has 21 heavy (non-hydrogen) atoms. The van der Waals surface area contributed by atoms with Crippen LogP contribution in [0.2, 0.25) is 0 Å². The van der Waals surface area contributed by atoms with Crippen molar-refractivity contribution in [1.82, 2.24) is 4.72 Å². The van der Waals surface area contributed by atoms with Gasteiger partial charge in [0.15, 0.2) is 0 Å². The van der Waals surface area contributed by atoms with E-state index in [-0.39, 0.29) is 18.7 Å². The predicted octanol–water partition coefficient (Wildman–Crippen LogP) is 1.65. The summed E-state index contributed by atoms with van der Waals surface area (Å²) in [5, 5.41) is 1.73. The lowest BCUT2D eigenvalue weighted by atomic mass is 9.99.